The number of hydrogen-bond donors (Lipinski definition) is 2. The van der Waals surface area contributed by atoms with E-state index < -0.39 is 24.0 Å². The van der Waals surface area contributed by atoms with Gasteiger partial charge in [-0.1, -0.05) is 0 Å². The number of rotatable bonds is 2. The zero-order valence-corrected chi connectivity index (χ0v) is 6.55. The summed E-state index contributed by atoms with van der Waals surface area (Å²) in [5.41, 5.74) is 4.75. The average molecular weight is 191 g/mol. The highest BCUT2D eigenvalue weighted by Crippen LogP contribution is 2.27. The molecule has 0 aliphatic carbocycles. The first kappa shape index (κ1) is 9.85. The third kappa shape index (κ3) is 2.12. The lowest BCUT2D eigenvalue weighted by molar-refractivity contribution is 0.115. The van der Waals surface area contributed by atoms with Gasteiger partial charge >= 0.3 is 0 Å². The molecular formula is C8H8F3NO. The minimum absolute atomic E-state index is 0.282. The third-order valence-electron chi connectivity index (χ3n) is 1.62. The van der Waals surface area contributed by atoms with Crippen molar-refractivity contribution in [3.8, 4) is 5.75 Å². The van der Waals surface area contributed by atoms with Gasteiger partial charge in [-0.2, -0.15) is 0 Å². The molecule has 1 aromatic rings. The van der Waals surface area contributed by atoms with Crippen LogP contribution in [0.1, 0.15) is 11.6 Å². The molecule has 0 saturated heterocycles. The monoisotopic (exact) mass is 191 g/mol. The number of nitrogens with two attached hydrogens (primary N) is 1. The van der Waals surface area contributed by atoms with Crippen LogP contribution in [-0.2, 0) is 0 Å². The standard InChI is InChI=1S/C8H8F3NO/c9-4-1-2-6(13)5(3-4)7(12)8(10)11/h1-3,7-8,13H,12H2. The molecule has 2 nitrogen and oxygen atoms in total. The van der Waals surface area contributed by atoms with Crippen molar-refractivity contribution in [2.75, 3.05) is 0 Å². The van der Waals surface area contributed by atoms with Gasteiger partial charge in [-0.3, -0.25) is 0 Å². The Morgan fingerprint density at radius 1 is 1.31 bits per heavy atom. The van der Waals surface area contributed by atoms with Crippen LogP contribution in [0.2, 0.25) is 0 Å². The van der Waals surface area contributed by atoms with E-state index in [0.717, 1.165) is 18.2 Å². The van der Waals surface area contributed by atoms with E-state index in [1.165, 1.54) is 0 Å². The summed E-state index contributed by atoms with van der Waals surface area (Å²) in [5.74, 6) is -1.13. The second-order valence-corrected chi connectivity index (χ2v) is 2.56. The molecule has 0 aliphatic heterocycles. The lowest BCUT2D eigenvalue weighted by atomic mass is 10.1. The summed E-state index contributed by atoms with van der Waals surface area (Å²) >= 11 is 0. The van der Waals surface area contributed by atoms with E-state index in [2.05, 4.69) is 0 Å². The summed E-state index contributed by atoms with van der Waals surface area (Å²) in [7, 11) is 0. The molecule has 72 valence electrons. The van der Waals surface area contributed by atoms with Crippen LogP contribution >= 0.6 is 0 Å². The van der Waals surface area contributed by atoms with Crippen molar-refractivity contribution in [1.82, 2.24) is 0 Å². The number of phenols is 1. The van der Waals surface area contributed by atoms with Gasteiger partial charge in [0.1, 0.15) is 11.6 Å². The Labute approximate surface area is 72.8 Å². The Hall–Kier alpha value is -1.23. The lowest BCUT2D eigenvalue weighted by Crippen LogP contribution is -2.19. The molecule has 1 rings (SSSR count). The van der Waals surface area contributed by atoms with E-state index in [-0.39, 0.29) is 5.56 Å². The number of halogens is 3. The molecular weight excluding hydrogens is 183 g/mol. The molecule has 1 aromatic carbocycles. The van der Waals surface area contributed by atoms with Gasteiger partial charge in [0.25, 0.3) is 6.43 Å². The smallest absolute Gasteiger partial charge is 0.257 e. The Bertz CT molecular complexity index is 303. The molecule has 1 atom stereocenters. The molecule has 0 spiro atoms. The normalized spacial score (nSPS) is 13.3. The Kier molecular flexibility index (Phi) is 2.77. The Morgan fingerprint density at radius 3 is 2.46 bits per heavy atom. The molecule has 3 N–H and O–H groups in total. The highest BCUT2D eigenvalue weighted by molar-refractivity contribution is 5.35. The van der Waals surface area contributed by atoms with Gasteiger partial charge in [0.05, 0.1) is 6.04 Å². The van der Waals surface area contributed by atoms with E-state index in [4.69, 9.17) is 10.8 Å². The fourth-order valence-electron chi connectivity index (χ4n) is 0.928. The fourth-order valence-corrected chi connectivity index (χ4v) is 0.928. The summed E-state index contributed by atoms with van der Waals surface area (Å²) in [6.07, 6.45) is -2.83. The van der Waals surface area contributed by atoms with Gasteiger partial charge in [0.15, 0.2) is 0 Å². The largest absolute Gasteiger partial charge is 0.508 e. The summed E-state index contributed by atoms with van der Waals surface area (Å²) < 4.78 is 36.7. The van der Waals surface area contributed by atoms with Crippen molar-refractivity contribution < 1.29 is 18.3 Å². The number of alkyl halides is 2. The molecule has 0 radical (unpaired) electrons. The van der Waals surface area contributed by atoms with Crippen molar-refractivity contribution in [2.45, 2.75) is 12.5 Å². The van der Waals surface area contributed by atoms with E-state index in [1.807, 2.05) is 0 Å². The van der Waals surface area contributed by atoms with E-state index >= 15 is 0 Å². The quantitative estimate of drug-likeness (QED) is 0.748. The zero-order chi connectivity index (χ0) is 10.0. The molecule has 0 aromatic heterocycles. The fraction of sp³-hybridized carbons (Fsp3) is 0.250. The second-order valence-electron chi connectivity index (χ2n) is 2.56. The number of phenolic OH excluding ortho intramolecular Hbond substituents is 1. The van der Waals surface area contributed by atoms with Crippen LogP contribution in [-0.4, -0.2) is 11.5 Å². The molecule has 0 fully saturated rings. The van der Waals surface area contributed by atoms with E-state index in [1.54, 1.807) is 0 Å². The van der Waals surface area contributed by atoms with E-state index in [0.29, 0.717) is 0 Å². The molecule has 0 saturated carbocycles. The first-order valence-corrected chi connectivity index (χ1v) is 3.54. The zero-order valence-electron chi connectivity index (χ0n) is 6.55. The van der Waals surface area contributed by atoms with Crippen molar-refractivity contribution in [1.29, 1.82) is 0 Å². The van der Waals surface area contributed by atoms with Gasteiger partial charge in [0, 0.05) is 5.56 Å². The van der Waals surface area contributed by atoms with Crippen molar-refractivity contribution >= 4 is 0 Å². The maximum atomic E-state index is 12.6. The SMILES string of the molecule is NC(c1cc(F)ccc1O)C(F)F. The minimum atomic E-state index is -2.83. The number of benzene rings is 1. The highest BCUT2D eigenvalue weighted by Gasteiger charge is 2.20. The molecule has 1 unspecified atom stereocenters. The summed E-state index contributed by atoms with van der Waals surface area (Å²) in [6.45, 7) is 0. The van der Waals surface area contributed by atoms with Gasteiger partial charge in [-0.15, -0.1) is 0 Å². The summed E-state index contributed by atoms with van der Waals surface area (Å²) in [4.78, 5) is 0. The van der Waals surface area contributed by atoms with Crippen LogP contribution in [0.25, 0.3) is 0 Å². The van der Waals surface area contributed by atoms with Gasteiger partial charge in [-0.05, 0) is 18.2 Å². The van der Waals surface area contributed by atoms with Crippen LogP contribution in [0, 0.1) is 5.82 Å². The maximum Gasteiger partial charge on any atom is 0.257 e. The van der Waals surface area contributed by atoms with Gasteiger partial charge < -0.3 is 10.8 Å². The topological polar surface area (TPSA) is 46.2 Å². The first-order valence-electron chi connectivity index (χ1n) is 3.54. The van der Waals surface area contributed by atoms with Crippen molar-refractivity contribution in [3.05, 3.63) is 29.6 Å². The van der Waals surface area contributed by atoms with Gasteiger partial charge in [0.2, 0.25) is 0 Å². The van der Waals surface area contributed by atoms with Crippen molar-refractivity contribution in [3.63, 3.8) is 0 Å². The molecule has 0 bridgehead atoms. The Balaban J connectivity index is 3.05. The first-order chi connectivity index (χ1) is 6.02. The molecule has 5 heteroatoms. The summed E-state index contributed by atoms with van der Waals surface area (Å²) in [5, 5.41) is 9.07. The number of hydrogen-bond acceptors (Lipinski definition) is 2. The van der Waals surface area contributed by atoms with Crippen LogP contribution in [0.4, 0.5) is 13.2 Å². The van der Waals surface area contributed by atoms with Crippen LogP contribution < -0.4 is 5.73 Å². The minimum Gasteiger partial charge on any atom is -0.508 e. The summed E-state index contributed by atoms with van der Waals surface area (Å²) in [6, 6.07) is 1.10. The second kappa shape index (κ2) is 3.66. The van der Waals surface area contributed by atoms with Crippen LogP contribution in [0.5, 0.6) is 5.75 Å². The predicted molar refractivity (Wildman–Crippen MR) is 41.0 cm³/mol. The Morgan fingerprint density at radius 2 is 1.92 bits per heavy atom. The van der Waals surface area contributed by atoms with Crippen LogP contribution in [0.15, 0.2) is 18.2 Å². The number of aromatic hydroxyl groups is 1. The predicted octanol–water partition coefficient (Wildman–Crippen LogP) is 1.80. The average Bonchev–Trinajstić information content (AvgIpc) is 2.08. The lowest BCUT2D eigenvalue weighted by Gasteiger charge is -2.12. The van der Waals surface area contributed by atoms with E-state index in [9.17, 15) is 13.2 Å². The molecule has 0 heterocycles. The molecule has 13 heavy (non-hydrogen) atoms. The molecule has 0 aliphatic rings. The molecule has 0 amide bonds. The highest BCUT2D eigenvalue weighted by atomic mass is 19.3. The van der Waals surface area contributed by atoms with Gasteiger partial charge in [-0.25, -0.2) is 13.2 Å². The van der Waals surface area contributed by atoms with Crippen molar-refractivity contribution in [2.24, 2.45) is 5.73 Å². The van der Waals surface area contributed by atoms with Crippen LogP contribution in [0.3, 0.4) is 0 Å². The maximum absolute atomic E-state index is 12.6. The third-order valence-corrected chi connectivity index (χ3v) is 1.62.